The molecule has 1 atom stereocenters. The maximum absolute atomic E-state index is 14.1. The average Bonchev–Trinajstić information content (AvgIpc) is 2.69. The maximum atomic E-state index is 14.1. The first-order valence-corrected chi connectivity index (χ1v) is 7.77. The van der Waals surface area contributed by atoms with E-state index in [0.717, 1.165) is 0 Å². The van der Waals surface area contributed by atoms with E-state index in [1.807, 2.05) is 0 Å². The number of ketones is 1. The summed E-state index contributed by atoms with van der Waals surface area (Å²) in [5.74, 6) is -2.80. The van der Waals surface area contributed by atoms with Gasteiger partial charge in [0.25, 0.3) is 0 Å². The minimum Gasteiger partial charge on any atom is -0.347 e. The van der Waals surface area contributed by atoms with Gasteiger partial charge in [-0.15, -0.1) is 0 Å². The van der Waals surface area contributed by atoms with Crippen LogP contribution in [0.5, 0.6) is 0 Å². The largest absolute Gasteiger partial charge is 0.407 e. The third-order valence-electron chi connectivity index (χ3n) is 2.54. The zero-order valence-corrected chi connectivity index (χ0v) is 12.7. The Balaban J connectivity index is 2.96. The molecule has 20 heavy (non-hydrogen) atoms. The number of hydrogen-bond donors (Lipinski definition) is 0. The smallest absolute Gasteiger partial charge is 0.347 e. The van der Waals surface area contributed by atoms with Gasteiger partial charge in [0.05, 0.1) is 19.8 Å². The summed E-state index contributed by atoms with van der Waals surface area (Å²) in [6.07, 6.45) is -1.51. The molecule has 9 heteroatoms. The molecule has 0 bridgehead atoms. The standard InChI is InChI=1S/C11H19F2O6P/c1-5-17-20(15,18-6-2)11(12,13)9(14)8-7-16-10(3,4)19-8/h8H,5-7H2,1-4H3/t8-/m1/s1. The molecule has 1 aliphatic heterocycles. The molecule has 0 aromatic heterocycles. The predicted molar refractivity (Wildman–Crippen MR) is 65.7 cm³/mol. The summed E-state index contributed by atoms with van der Waals surface area (Å²) in [5, 5.41) is 0. The molecule has 1 saturated heterocycles. The molecule has 0 unspecified atom stereocenters. The summed E-state index contributed by atoms with van der Waals surface area (Å²) in [4.78, 5) is 11.9. The Bertz CT molecular complexity index is 402. The number of carbonyl (C=O) groups is 1. The molecular formula is C11H19F2O6P. The summed E-state index contributed by atoms with van der Waals surface area (Å²) < 4.78 is 59.6. The van der Waals surface area contributed by atoms with Crippen LogP contribution in [0.4, 0.5) is 8.78 Å². The van der Waals surface area contributed by atoms with Crippen LogP contribution >= 0.6 is 7.60 Å². The first-order chi connectivity index (χ1) is 9.09. The van der Waals surface area contributed by atoms with Crippen molar-refractivity contribution in [3.05, 3.63) is 0 Å². The van der Waals surface area contributed by atoms with E-state index in [4.69, 9.17) is 9.47 Å². The average molecular weight is 316 g/mol. The van der Waals surface area contributed by atoms with Crippen LogP contribution in [0.2, 0.25) is 0 Å². The highest BCUT2D eigenvalue weighted by Gasteiger charge is 2.62. The molecule has 0 aliphatic carbocycles. The van der Waals surface area contributed by atoms with Gasteiger partial charge < -0.3 is 18.5 Å². The highest BCUT2D eigenvalue weighted by atomic mass is 31.2. The van der Waals surface area contributed by atoms with Crippen molar-refractivity contribution in [1.82, 2.24) is 0 Å². The van der Waals surface area contributed by atoms with Crippen molar-refractivity contribution >= 4 is 13.4 Å². The van der Waals surface area contributed by atoms with Crippen molar-refractivity contribution in [2.45, 2.75) is 45.2 Å². The Kier molecular flexibility index (Phi) is 5.43. The number of carbonyl (C=O) groups excluding carboxylic acids is 1. The van der Waals surface area contributed by atoms with Crippen molar-refractivity contribution in [3.63, 3.8) is 0 Å². The third kappa shape index (κ3) is 3.43. The van der Waals surface area contributed by atoms with Crippen LogP contribution < -0.4 is 0 Å². The van der Waals surface area contributed by atoms with Gasteiger partial charge in [0.2, 0.25) is 5.78 Å². The summed E-state index contributed by atoms with van der Waals surface area (Å²) >= 11 is 0. The molecule has 1 rings (SSSR count). The summed E-state index contributed by atoms with van der Waals surface area (Å²) in [7, 11) is -4.89. The Morgan fingerprint density at radius 1 is 1.35 bits per heavy atom. The number of Topliss-reactive ketones (excluding diaryl/α,β-unsaturated/α-hetero) is 1. The molecule has 0 saturated carbocycles. The summed E-state index contributed by atoms with van der Waals surface area (Å²) in [6.45, 7) is 4.86. The molecule has 0 amide bonds. The van der Waals surface area contributed by atoms with Gasteiger partial charge >= 0.3 is 13.3 Å². The molecule has 0 aromatic carbocycles. The Morgan fingerprint density at radius 3 is 2.20 bits per heavy atom. The lowest BCUT2D eigenvalue weighted by Crippen LogP contribution is -2.41. The van der Waals surface area contributed by atoms with Gasteiger partial charge in [-0.2, -0.15) is 8.78 Å². The number of alkyl halides is 2. The fourth-order valence-corrected chi connectivity index (χ4v) is 3.18. The minimum absolute atomic E-state index is 0.270. The van der Waals surface area contributed by atoms with Crippen LogP contribution in [0.15, 0.2) is 0 Å². The second-order valence-electron chi connectivity index (χ2n) is 4.56. The van der Waals surface area contributed by atoms with E-state index in [-0.39, 0.29) is 19.8 Å². The van der Waals surface area contributed by atoms with Gasteiger partial charge in [-0.25, -0.2) is 0 Å². The lowest BCUT2D eigenvalue weighted by Gasteiger charge is -2.26. The Hall–Kier alpha value is -0.400. The molecule has 0 radical (unpaired) electrons. The zero-order chi connectivity index (χ0) is 15.6. The second-order valence-corrected chi connectivity index (χ2v) is 6.63. The number of halogens is 2. The topological polar surface area (TPSA) is 71.1 Å². The molecule has 0 N–H and O–H groups in total. The van der Waals surface area contributed by atoms with Gasteiger partial charge in [0.15, 0.2) is 5.79 Å². The maximum Gasteiger partial charge on any atom is 0.407 e. The zero-order valence-electron chi connectivity index (χ0n) is 11.9. The Labute approximate surface area is 116 Å². The first kappa shape index (κ1) is 17.7. The van der Waals surface area contributed by atoms with E-state index in [1.54, 1.807) is 0 Å². The van der Waals surface area contributed by atoms with Gasteiger partial charge in [-0.1, -0.05) is 0 Å². The molecular weight excluding hydrogens is 297 g/mol. The van der Waals surface area contributed by atoms with Crippen LogP contribution in [-0.4, -0.2) is 43.2 Å². The van der Waals surface area contributed by atoms with E-state index in [2.05, 4.69) is 9.05 Å². The lowest BCUT2D eigenvalue weighted by molar-refractivity contribution is -0.162. The van der Waals surface area contributed by atoms with E-state index < -0.39 is 30.9 Å². The second kappa shape index (κ2) is 6.15. The van der Waals surface area contributed by atoms with E-state index in [9.17, 15) is 18.1 Å². The Morgan fingerprint density at radius 2 is 1.85 bits per heavy atom. The predicted octanol–water partition coefficient (Wildman–Crippen LogP) is 2.57. The summed E-state index contributed by atoms with van der Waals surface area (Å²) in [6, 6.07) is 0. The molecule has 1 fully saturated rings. The summed E-state index contributed by atoms with van der Waals surface area (Å²) in [5.41, 5.74) is -4.28. The van der Waals surface area contributed by atoms with E-state index in [1.165, 1.54) is 27.7 Å². The van der Waals surface area contributed by atoms with Crippen molar-refractivity contribution < 1.29 is 36.7 Å². The molecule has 118 valence electrons. The quantitative estimate of drug-likeness (QED) is 0.672. The van der Waals surface area contributed by atoms with Gasteiger partial charge in [-0.3, -0.25) is 9.36 Å². The number of rotatable bonds is 7. The number of ether oxygens (including phenoxy) is 2. The van der Waals surface area contributed by atoms with Gasteiger partial charge in [0.1, 0.15) is 6.10 Å². The van der Waals surface area contributed by atoms with Crippen molar-refractivity contribution in [2.24, 2.45) is 0 Å². The van der Waals surface area contributed by atoms with Crippen LogP contribution in [0.3, 0.4) is 0 Å². The molecule has 1 aliphatic rings. The molecule has 6 nitrogen and oxygen atoms in total. The van der Waals surface area contributed by atoms with Gasteiger partial charge in [-0.05, 0) is 27.7 Å². The van der Waals surface area contributed by atoms with Crippen LogP contribution in [0.1, 0.15) is 27.7 Å². The van der Waals surface area contributed by atoms with E-state index >= 15 is 0 Å². The SMILES string of the molecule is CCOP(=O)(OCC)C(F)(F)C(=O)[C@H]1COC(C)(C)O1. The van der Waals surface area contributed by atoms with Crippen LogP contribution in [0.25, 0.3) is 0 Å². The minimum atomic E-state index is -4.89. The fraction of sp³-hybridized carbons (Fsp3) is 0.909. The third-order valence-corrected chi connectivity index (χ3v) is 4.64. The van der Waals surface area contributed by atoms with Crippen molar-refractivity contribution in [2.75, 3.05) is 19.8 Å². The lowest BCUT2D eigenvalue weighted by atomic mass is 10.2. The van der Waals surface area contributed by atoms with Gasteiger partial charge in [0, 0.05) is 0 Å². The van der Waals surface area contributed by atoms with Crippen LogP contribution in [-0.2, 0) is 27.9 Å². The highest BCUT2D eigenvalue weighted by Crippen LogP contribution is 2.62. The first-order valence-electron chi connectivity index (χ1n) is 6.22. The molecule has 0 spiro atoms. The fourth-order valence-electron chi connectivity index (χ4n) is 1.68. The van der Waals surface area contributed by atoms with Crippen LogP contribution in [0, 0.1) is 0 Å². The number of hydrogen-bond acceptors (Lipinski definition) is 6. The van der Waals surface area contributed by atoms with Crippen molar-refractivity contribution in [3.8, 4) is 0 Å². The van der Waals surface area contributed by atoms with Crippen molar-refractivity contribution in [1.29, 1.82) is 0 Å². The molecule has 1 heterocycles. The monoisotopic (exact) mass is 316 g/mol. The normalized spacial score (nSPS) is 23.0. The van der Waals surface area contributed by atoms with E-state index in [0.29, 0.717) is 0 Å². The molecule has 0 aromatic rings. The highest BCUT2D eigenvalue weighted by molar-refractivity contribution is 7.56.